The van der Waals surface area contributed by atoms with E-state index in [0.29, 0.717) is 0 Å². The predicted octanol–water partition coefficient (Wildman–Crippen LogP) is 1.61. The quantitative estimate of drug-likeness (QED) is 0.654. The zero-order valence-electron chi connectivity index (χ0n) is 13.1. The van der Waals surface area contributed by atoms with Gasteiger partial charge in [0, 0.05) is 13.1 Å². The van der Waals surface area contributed by atoms with Crippen molar-refractivity contribution in [1.29, 1.82) is 0 Å². The number of hydrogen-bond acceptors (Lipinski definition) is 3. The lowest BCUT2D eigenvalue weighted by Crippen LogP contribution is -2.46. The molecule has 0 aromatic heterocycles. The monoisotopic (exact) mass is 349 g/mol. The first-order valence-corrected chi connectivity index (χ1v) is 7.14. The van der Waals surface area contributed by atoms with E-state index in [1.807, 2.05) is 13.8 Å². The molecule has 0 bridgehead atoms. The maximum absolute atomic E-state index is 13.4. The second kappa shape index (κ2) is 10.1. The minimum atomic E-state index is -0.930. The summed E-state index contributed by atoms with van der Waals surface area (Å²) in [6.07, 6.45) is 0.776. The van der Waals surface area contributed by atoms with Crippen molar-refractivity contribution in [2.24, 2.45) is 11.7 Å². The number of rotatable bonds is 7. The molecule has 0 radical (unpaired) electrons. The van der Waals surface area contributed by atoms with Crippen LogP contribution >= 0.6 is 12.4 Å². The van der Waals surface area contributed by atoms with Crippen LogP contribution in [-0.2, 0) is 4.79 Å². The van der Waals surface area contributed by atoms with Crippen molar-refractivity contribution in [3.63, 3.8) is 0 Å². The molecule has 5 nitrogen and oxygen atoms in total. The molecule has 0 spiro atoms. The molecule has 2 amide bonds. The van der Waals surface area contributed by atoms with E-state index in [1.54, 1.807) is 0 Å². The van der Waals surface area contributed by atoms with E-state index in [9.17, 15) is 18.4 Å². The summed E-state index contributed by atoms with van der Waals surface area (Å²) in [4.78, 5) is 23.4. The van der Waals surface area contributed by atoms with Crippen LogP contribution in [0.25, 0.3) is 0 Å². The summed E-state index contributed by atoms with van der Waals surface area (Å²) in [6, 6.07) is 2.57. The van der Waals surface area contributed by atoms with Gasteiger partial charge in [0.15, 0.2) is 0 Å². The SMILES string of the molecule is CCC(C)C(N)C(=O)NCCNC(=O)c1c(F)cccc1F.Cl. The van der Waals surface area contributed by atoms with Crippen molar-refractivity contribution in [2.75, 3.05) is 13.1 Å². The Morgan fingerprint density at radius 3 is 2.22 bits per heavy atom. The number of carbonyl (C=O) groups excluding carboxylic acids is 2. The Labute approximate surface area is 140 Å². The maximum atomic E-state index is 13.4. The Hall–Kier alpha value is -1.73. The van der Waals surface area contributed by atoms with Gasteiger partial charge in [-0.15, -0.1) is 12.4 Å². The summed E-state index contributed by atoms with van der Waals surface area (Å²) in [6.45, 7) is 3.98. The highest BCUT2D eigenvalue weighted by atomic mass is 35.5. The van der Waals surface area contributed by atoms with E-state index in [0.717, 1.165) is 18.6 Å². The molecule has 0 aliphatic rings. The van der Waals surface area contributed by atoms with Crippen molar-refractivity contribution in [3.8, 4) is 0 Å². The average Bonchev–Trinajstić information content (AvgIpc) is 2.49. The molecule has 2 unspecified atom stereocenters. The fourth-order valence-corrected chi connectivity index (χ4v) is 1.80. The summed E-state index contributed by atoms with van der Waals surface area (Å²) in [5.41, 5.74) is 5.11. The van der Waals surface area contributed by atoms with Crippen LogP contribution < -0.4 is 16.4 Å². The van der Waals surface area contributed by atoms with E-state index >= 15 is 0 Å². The van der Waals surface area contributed by atoms with Gasteiger partial charge in [-0.05, 0) is 18.1 Å². The Kier molecular flexibility index (Phi) is 9.36. The van der Waals surface area contributed by atoms with E-state index < -0.39 is 29.1 Å². The average molecular weight is 350 g/mol. The zero-order valence-corrected chi connectivity index (χ0v) is 13.9. The summed E-state index contributed by atoms with van der Waals surface area (Å²) in [5.74, 6) is -3.00. The van der Waals surface area contributed by atoms with Crippen LogP contribution in [0, 0.1) is 17.6 Å². The van der Waals surface area contributed by atoms with Crippen LogP contribution in [0.1, 0.15) is 30.6 Å². The number of nitrogens with two attached hydrogens (primary N) is 1. The summed E-state index contributed by atoms with van der Waals surface area (Å²) in [7, 11) is 0. The van der Waals surface area contributed by atoms with E-state index in [4.69, 9.17) is 5.73 Å². The fourth-order valence-electron chi connectivity index (χ4n) is 1.80. The minimum Gasteiger partial charge on any atom is -0.353 e. The number of benzene rings is 1. The molecule has 0 saturated carbocycles. The van der Waals surface area contributed by atoms with Crippen LogP contribution in [0.4, 0.5) is 8.78 Å². The highest BCUT2D eigenvalue weighted by Gasteiger charge is 2.19. The number of halogens is 3. The van der Waals surface area contributed by atoms with Gasteiger partial charge in [-0.25, -0.2) is 8.78 Å². The first kappa shape index (κ1) is 21.3. The van der Waals surface area contributed by atoms with E-state index in [1.165, 1.54) is 6.07 Å². The van der Waals surface area contributed by atoms with E-state index in [-0.39, 0.29) is 37.3 Å². The molecule has 1 aromatic carbocycles. The summed E-state index contributed by atoms with van der Waals surface area (Å²) >= 11 is 0. The topological polar surface area (TPSA) is 84.2 Å². The molecule has 0 saturated heterocycles. The molecule has 8 heteroatoms. The molecule has 0 aliphatic heterocycles. The van der Waals surface area contributed by atoms with Gasteiger partial charge in [-0.2, -0.15) is 0 Å². The summed E-state index contributed by atoms with van der Waals surface area (Å²) in [5, 5.41) is 4.91. The lowest BCUT2D eigenvalue weighted by molar-refractivity contribution is -0.123. The second-order valence-electron chi connectivity index (χ2n) is 5.05. The molecule has 0 aliphatic carbocycles. The predicted molar refractivity (Wildman–Crippen MR) is 86.4 cm³/mol. The van der Waals surface area contributed by atoms with Gasteiger partial charge in [0.25, 0.3) is 5.91 Å². The number of hydrogen-bond donors (Lipinski definition) is 3. The Morgan fingerprint density at radius 1 is 1.17 bits per heavy atom. The van der Waals surface area contributed by atoms with Gasteiger partial charge in [-0.1, -0.05) is 26.3 Å². The molecular formula is C15H22ClF2N3O2. The Bertz CT molecular complexity index is 523. The number of carbonyl (C=O) groups is 2. The van der Waals surface area contributed by atoms with Crippen molar-refractivity contribution in [2.45, 2.75) is 26.3 Å². The van der Waals surface area contributed by atoms with Gasteiger partial charge in [-0.3, -0.25) is 9.59 Å². The zero-order chi connectivity index (χ0) is 16.7. The third kappa shape index (κ3) is 6.11. The van der Waals surface area contributed by atoms with Crippen molar-refractivity contribution in [1.82, 2.24) is 10.6 Å². The first-order chi connectivity index (χ1) is 10.4. The first-order valence-electron chi connectivity index (χ1n) is 7.14. The van der Waals surface area contributed by atoms with Crippen LogP contribution in [0.15, 0.2) is 18.2 Å². The standard InChI is InChI=1S/C15H21F2N3O2.ClH/c1-3-9(2)13(18)15(22)20-8-7-19-14(21)12-10(16)5-4-6-11(12)17;/h4-6,9,13H,3,7-8,18H2,1-2H3,(H,19,21)(H,20,22);1H. The molecule has 1 rings (SSSR count). The molecule has 0 heterocycles. The van der Waals surface area contributed by atoms with Crippen LogP contribution in [0.3, 0.4) is 0 Å². The molecule has 0 fully saturated rings. The van der Waals surface area contributed by atoms with Gasteiger partial charge in [0.05, 0.1) is 6.04 Å². The van der Waals surface area contributed by atoms with E-state index in [2.05, 4.69) is 10.6 Å². The second-order valence-corrected chi connectivity index (χ2v) is 5.05. The van der Waals surface area contributed by atoms with Gasteiger partial charge in [0.2, 0.25) is 5.91 Å². The van der Waals surface area contributed by atoms with Gasteiger partial charge >= 0.3 is 0 Å². The summed E-state index contributed by atoms with van der Waals surface area (Å²) < 4.78 is 26.8. The van der Waals surface area contributed by atoms with Gasteiger partial charge < -0.3 is 16.4 Å². The molecule has 4 N–H and O–H groups in total. The third-order valence-electron chi connectivity index (χ3n) is 3.46. The van der Waals surface area contributed by atoms with Crippen molar-refractivity contribution < 1.29 is 18.4 Å². The van der Waals surface area contributed by atoms with Crippen LogP contribution in [0.2, 0.25) is 0 Å². The van der Waals surface area contributed by atoms with Crippen molar-refractivity contribution >= 4 is 24.2 Å². The number of amides is 2. The highest BCUT2D eigenvalue weighted by Crippen LogP contribution is 2.11. The van der Waals surface area contributed by atoms with Gasteiger partial charge in [0.1, 0.15) is 17.2 Å². The fraction of sp³-hybridized carbons (Fsp3) is 0.467. The normalized spacial score (nSPS) is 12.7. The Morgan fingerprint density at radius 2 is 1.70 bits per heavy atom. The van der Waals surface area contributed by atoms with Crippen LogP contribution in [0.5, 0.6) is 0 Å². The smallest absolute Gasteiger partial charge is 0.257 e. The molecule has 1 aromatic rings. The number of nitrogens with one attached hydrogen (secondary N) is 2. The van der Waals surface area contributed by atoms with Crippen molar-refractivity contribution in [3.05, 3.63) is 35.4 Å². The third-order valence-corrected chi connectivity index (χ3v) is 3.46. The molecular weight excluding hydrogens is 328 g/mol. The molecule has 2 atom stereocenters. The highest BCUT2D eigenvalue weighted by molar-refractivity contribution is 5.94. The largest absolute Gasteiger partial charge is 0.353 e. The van der Waals surface area contributed by atoms with Crippen LogP contribution in [-0.4, -0.2) is 30.9 Å². The molecule has 130 valence electrons. The maximum Gasteiger partial charge on any atom is 0.257 e. The lowest BCUT2D eigenvalue weighted by atomic mass is 9.99. The lowest BCUT2D eigenvalue weighted by Gasteiger charge is -2.17. The Balaban J connectivity index is 0.00000484. The molecule has 23 heavy (non-hydrogen) atoms. The minimum absolute atomic E-state index is 0.